The number of hydrogen-bond acceptors (Lipinski definition) is 2. The van der Waals surface area contributed by atoms with Crippen molar-refractivity contribution in [1.82, 2.24) is 4.57 Å². The molecule has 1 N–H and O–H groups in total. The number of nitrogens with zero attached hydrogens (tertiary/aromatic N) is 3. The average Bonchev–Trinajstić information content (AvgIpc) is 3.08. The Labute approximate surface area is 156 Å². The molecule has 1 aromatic heterocycles. The van der Waals surface area contributed by atoms with Crippen LogP contribution in [0.4, 0.5) is 5.69 Å². The van der Waals surface area contributed by atoms with E-state index in [-0.39, 0.29) is 5.91 Å². The number of halogens is 1. The quantitative estimate of drug-likeness (QED) is 0.710. The predicted octanol–water partition coefficient (Wildman–Crippen LogP) is 3.44. The molecule has 1 amide bonds. The number of nitrogens with one attached hydrogen (secondary N) is 1. The monoisotopic (exact) mass is 365 g/mol. The molecule has 0 spiro atoms. The van der Waals surface area contributed by atoms with Gasteiger partial charge < -0.3 is 5.32 Å². The number of benzene rings is 2. The molecule has 6 heteroatoms. The zero-order valence-corrected chi connectivity index (χ0v) is 15.0. The number of carbonyl (C=O) groups excluding carboxylic acids is 1. The summed E-state index contributed by atoms with van der Waals surface area (Å²) in [5, 5.41) is 3.58. The molecule has 3 aromatic rings. The molecule has 0 radical (unpaired) electrons. The molecule has 1 unspecified atom stereocenters. The number of hydrogen-bond donors (Lipinski definition) is 1. The van der Waals surface area contributed by atoms with Crippen LogP contribution in [0, 0.1) is 0 Å². The number of aromatic nitrogens is 2. The molecular weight excluding hydrogens is 348 g/mol. The van der Waals surface area contributed by atoms with Crippen LogP contribution in [0.3, 0.4) is 0 Å². The zero-order valence-electron chi connectivity index (χ0n) is 14.3. The predicted molar refractivity (Wildman–Crippen MR) is 102 cm³/mol. The summed E-state index contributed by atoms with van der Waals surface area (Å²) in [5.74, 6) is -0.182. The van der Waals surface area contributed by atoms with Gasteiger partial charge in [-0.25, -0.2) is 14.1 Å². The normalized spacial score (nSPS) is 16.5. The highest BCUT2D eigenvalue weighted by Crippen LogP contribution is 2.29. The van der Waals surface area contributed by atoms with Crippen LogP contribution in [0.25, 0.3) is 0 Å². The largest absolute Gasteiger partial charge is 0.320 e. The Morgan fingerprint density at radius 2 is 2.04 bits per heavy atom. The van der Waals surface area contributed by atoms with Gasteiger partial charge in [0.2, 0.25) is 6.33 Å². The lowest BCUT2D eigenvalue weighted by Crippen LogP contribution is -2.30. The van der Waals surface area contributed by atoms with Crippen LogP contribution in [0.2, 0.25) is 5.02 Å². The van der Waals surface area contributed by atoms with Gasteiger partial charge in [0.15, 0.2) is 0 Å². The van der Waals surface area contributed by atoms with Crippen molar-refractivity contribution in [3.8, 4) is 0 Å². The molecule has 26 heavy (non-hydrogen) atoms. The highest BCUT2D eigenvalue weighted by molar-refractivity contribution is 6.32. The highest BCUT2D eigenvalue weighted by Gasteiger charge is 2.30. The van der Waals surface area contributed by atoms with Crippen molar-refractivity contribution in [3.63, 3.8) is 0 Å². The second-order valence-corrected chi connectivity index (χ2v) is 6.52. The zero-order chi connectivity index (χ0) is 18.1. The van der Waals surface area contributed by atoms with Crippen LogP contribution in [-0.4, -0.2) is 16.2 Å². The van der Waals surface area contributed by atoms with Gasteiger partial charge in [0, 0.05) is 16.1 Å². The average molecular weight is 366 g/mol. The molecule has 2 heterocycles. The summed E-state index contributed by atoms with van der Waals surface area (Å²) in [5.41, 5.74) is 3.20. The van der Waals surface area contributed by atoms with Gasteiger partial charge >= 0.3 is 0 Å². The fraction of sp³-hybridized carbons (Fsp3) is 0.150. The lowest BCUT2D eigenvalue weighted by atomic mass is 10.0. The molecule has 1 aliphatic rings. The van der Waals surface area contributed by atoms with Gasteiger partial charge in [-0.3, -0.25) is 4.79 Å². The molecular formula is C20H18ClN4O+. The first-order valence-corrected chi connectivity index (χ1v) is 8.84. The van der Waals surface area contributed by atoms with E-state index in [1.54, 1.807) is 6.07 Å². The van der Waals surface area contributed by atoms with E-state index in [1.165, 1.54) is 0 Å². The summed E-state index contributed by atoms with van der Waals surface area (Å²) in [7, 11) is 0. The van der Waals surface area contributed by atoms with Gasteiger partial charge in [-0.05, 0) is 25.1 Å². The van der Waals surface area contributed by atoms with Gasteiger partial charge in [-0.15, -0.1) is 0 Å². The number of fused-ring (bicyclic) bond motifs is 1. The molecule has 1 aliphatic heterocycles. The minimum Gasteiger partial charge on any atom is -0.320 e. The number of rotatable bonds is 3. The van der Waals surface area contributed by atoms with E-state index in [9.17, 15) is 4.79 Å². The molecule has 0 aliphatic carbocycles. The lowest BCUT2D eigenvalue weighted by Gasteiger charge is -2.10. The van der Waals surface area contributed by atoms with Crippen molar-refractivity contribution in [2.24, 2.45) is 4.99 Å². The SMILES string of the molecule is CC[n+]1ccn(C2N=C(c3ccccc3)c3cc(Cl)ccc3NC2=O)c1. The third-order valence-corrected chi connectivity index (χ3v) is 4.62. The van der Waals surface area contributed by atoms with Gasteiger partial charge in [-0.1, -0.05) is 41.9 Å². The van der Waals surface area contributed by atoms with Crippen molar-refractivity contribution in [2.75, 3.05) is 5.32 Å². The molecule has 1 atom stereocenters. The summed E-state index contributed by atoms with van der Waals surface area (Å²) in [6, 6.07) is 15.3. The van der Waals surface area contributed by atoms with Crippen molar-refractivity contribution >= 4 is 28.9 Å². The molecule has 0 saturated carbocycles. The number of imidazole rings is 1. The fourth-order valence-electron chi connectivity index (χ4n) is 3.04. The fourth-order valence-corrected chi connectivity index (χ4v) is 3.21. The van der Waals surface area contributed by atoms with Crippen LogP contribution in [0.5, 0.6) is 0 Å². The van der Waals surface area contributed by atoms with E-state index in [4.69, 9.17) is 16.6 Å². The number of benzodiazepines with no additional fused rings is 1. The molecule has 0 fully saturated rings. The van der Waals surface area contributed by atoms with E-state index in [2.05, 4.69) is 5.32 Å². The summed E-state index contributed by atoms with van der Waals surface area (Å²) in [6.45, 7) is 2.88. The Bertz CT molecular complexity index is 994. The second kappa shape index (κ2) is 6.77. The maximum Gasteiger partial charge on any atom is 0.293 e. The standard InChI is InChI=1S/C20H17ClN4O/c1-2-24-10-11-25(13-24)19-20(26)22-17-9-8-15(21)12-16(17)18(23-19)14-6-4-3-5-7-14/h3-13,19H,2H2,1H3/p+1. The topological polar surface area (TPSA) is 50.3 Å². The lowest BCUT2D eigenvalue weighted by molar-refractivity contribution is -0.693. The number of carbonyl (C=O) groups is 1. The Hall–Kier alpha value is -2.92. The van der Waals surface area contributed by atoms with Crippen LogP contribution in [-0.2, 0) is 11.3 Å². The molecule has 4 rings (SSSR count). The van der Waals surface area contributed by atoms with Gasteiger partial charge in [-0.2, -0.15) is 0 Å². The maximum absolute atomic E-state index is 12.9. The Kier molecular flexibility index (Phi) is 4.31. The molecule has 0 saturated heterocycles. The van der Waals surface area contributed by atoms with Crippen molar-refractivity contribution in [3.05, 3.63) is 83.4 Å². The van der Waals surface area contributed by atoms with Gasteiger partial charge in [0.25, 0.3) is 12.1 Å². The van der Waals surface area contributed by atoms with Crippen molar-refractivity contribution in [1.29, 1.82) is 0 Å². The third-order valence-electron chi connectivity index (χ3n) is 4.39. The number of aryl methyl sites for hydroxylation is 1. The van der Waals surface area contributed by atoms with E-state index < -0.39 is 6.17 Å². The number of aliphatic imine (C=N–C) groups is 1. The minimum absolute atomic E-state index is 0.182. The van der Waals surface area contributed by atoms with Crippen molar-refractivity contribution < 1.29 is 9.36 Å². The van der Waals surface area contributed by atoms with E-state index in [0.717, 1.165) is 23.4 Å². The Morgan fingerprint density at radius 3 is 2.77 bits per heavy atom. The Balaban J connectivity index is 1.90. The van der Waals surface area contributed by atoms with E-state index in [1.807, 2.05) is 77.2 Å². The number of amides is 1. The highest BCUT2D eigenvalue weighted by atomic mass is 35.5. The first-order chi connectivity index (χ1) is 12.7. The third kappa shape index (κ3) is 3.02. The van der Waals surface area contributed by atoms with Crippen LogP contribution >= 0.6 is 11.6 Å². The van der Waals surface area contributed by atoms with Crippen LogP contribution in [0.15, 0.2) is 72.2 Å². The smallest absolute Gasteiger partial charge is 0.293 e. The van der Waals surface area contributed by atoms with Gasteiger partial charge in [0.1, 0.15) is 12.4 Å². The van der Waals surface area contributed by atoms with Crippen molar-refractivity contribution in [2.45, 2.75) is 19.6 Å². The van der Waals surface area contributed by atoms with E-state index in [0.29, 0.717) is 10.7 Å². The van der Waals surface area contributed by atoms with Crippen LogP contribution < -0.4 is 9.88 Å². The molecule has 5 nitrogen and oxygen atoms in total. The summed E-state index contributed by atoms with van der Waals surface area (Å²) in [6.07, 6.45) is 4.99. The minimum atomic E-state index is -0.691. The summed E-state index contributed by atoms with van der Waals surface area (Å²) >= 11 is 6.22. The molecule has 130 valence electrons. The molecule has 0 bridgehead atoms. The first kappa shape index (κ1) is 16.5. The number of anilines is 1. The maximum atomic E-state index is 12.9. The summed E-state index contributed by atoms with van der Waals surface area (Å²) in [4.78, 5) is 17.7. The molecule has 2 aromatic carbocycles. The Morgan fingerprint density at radius 1 is 1.23 bits per heavy atom. The first-order valence-electron chi connectivity index (χ1n) is 8.46. The summed E-state index contributed by atoms with van der Waals surface area (Å²) < 4.78 is 3.81. The second-order valence-electron chi connectivity index (χ2n) is 6.09. The van der Waals surface area contributed by atoms with Crippen LogP contribution in [0.1, 0.15) is 24.2 Å². The van der Waals surface area contributed by atoms with Gasteiger partial charge in [0.05, 0.1) is 17.9 Å². The van der Waals surface area contributed by atoms with E-state index >= 15 is 0 Å².